The molecule has 0 radical (unpaired) electrons. The van der Waals surface area contributed by atoms with E-state index in [1.54, 1.807) is 0 Å². The lowest BCUT2D eigenvalue weighted by atomic mass is 9.76. The van der Waals surface area contributed by atoms with E-state index >= 15 is 0 Å². The van der Waals surface area contributed by atoms with Gasteiger partial charge in [0.1, 0.15) is 18.0 Å². The van der Waals surface area contributed by atoms with Crippen molar-refractivity contribution >= 4 is 11.8 Å². The molecule has 4 heteroatoms. The quantitative estimate of drug-likeness (QED) is 0.744. The number of esters is 1. The van der Waals surface area contributed by atoms with Gasteiger partial charge in [-0.2, -0.15) is 0 Å². The number of hydrogen-bond acceptors (Lipinski definition) is 4. The fourth-order valence-electron chi connectivity index (χ4n) is 3.61. The fraction of sp³-hybridized carbons (Fsp3) is 0.412. The van der Waals surface area contributed by atoms with Crippen LogP contribution in [0.25, 0.3) is 0 Å². The van der Waals surface area contributed by atoms with Crippen molar-refractivity contribution in [2.75, 3.05) is 0 Å². The maximum Gasteiger partial charge on any atom is 0.306 e. The average molecular weight is 284 g/mol. The van der Waals surface area contributed by atoms with Crippen LogP contribution in [0.4, 0.5) is 0 Å². The zero-order valence-corrected chi connectivity index (χ0v) is 11.6. The Morgan fingerprint density at radius 1 is 0.952 bits per heavy atom. The van der Waals surface area contributed by atoms with Crippen LogP contribution < -0.4 is 0 Å². The van der Waals surface area contributed by atoms with E-state index in [1.165, 1.54) is 0 Å². The first kappa shape index (κ1) is 12.6. The summed E-state index contributed by atoms with van der Waals surface area (Å²) in [6, 6.07) is 9.80. The van der Waals surface area contributed by atoms with Gasteiger partial charge in [0.25, 0.3) is 0 Å². The molecule has 3 aliphatic rings. The van der Waals surface area contributed by atoms with Crippen LogP contribution in [0.15, 0.2) is 41.7 Å². The van der Waals surface area contributed by atoms with Crippen LogP contribution in [0.3, 0.4) is 0 Å². The Morgan fingerprint density at radius 2 is 1.76 bits per heavy atom. The molecule has 3 atom stereocenters. The number of hydrogen-bond donors (Lipinski definition) is 0. The number of carbonyl (C=O) groups is 2. The standard InChI is InChI=1S/C17H16O4/c18-13-9-14(10-4-2-1-3-5-10)21-15-8-12-6-11(17(13)15)7-16(19)20-12/h1-5,11-12,14H,6-9H2/t11-,12-,14+/m1/s1. The molecule has 0 unspecified atom stereocenters. The fourth-order valence-corrected chi connectivity index (χ4v) is 3.61. The summed E-state index contributed by atoms with van der Waals surface area (Å²) >= 11 is 0. The highest BCUT2D eigenvalue weighted by Gasteiger charge is 2.43. The third kappa shape index (κ3) is 2.15. The van der Waals surface area contributed by atoms with Crippen molar-refractivity contribution < 1.29 is 19.1 Å². The number of benzene rings is 1. The zero-order chi connectivity index (χ0) is 14.4. The van der Waals surface area contributed by atoms with Crippen LogP contribution >= 0.6 is 0 Å². The topological polar surface area (TPSA) is 52.6 Å². The second kappa shape index (κ2) is 4.72. The predicted molar refractivity (Wildman–Crippen MR) is 74.1 cm³/mol. The first-order chi connectivity index (χ1) is 10.2. The number of ketones is 1. The third-order valence-electron chi connectivity index (χ3n) is 4.51. The predicted octanol–water partition coefficient (Wildman–Crippen LogP) is 2.70. The van der Waals surface area contributed by atoms with Crippen molar-refractivity contribution in [3.63, 3.8) is 0 Å². The van der Waals surface area contributed by atoms with Crippen molar-refractivity contribution in [2.45, 2.75) is 37.9 Å². The highest BCUT2D eigenvalue weighted by molar-refractivity contribution is 5.98. The second-order valence-electron chi connectivity index (χ2n) is 5.93. The molecule has 108 valence electrons. The van der Waals surface area contributed by atoms with E-state index < -0.39 is 0 Å². The number of allylic oxidation sites excluding steroid dienone is 1. The molecule has 1 saturated heterocycles. The van der Waals surface area contributed by atoms with Crippen molar-refractivity contribution in [1.29, 1.82) is 0 Å². The van der Waals surface area contributed by atoms with E-state index in [4.69, 9.17) is 9.47 Å². The Bertz CT molecular complexity index is 631. The molecule has 0 spiro atoms. The minimum Gasteiger partial charge on any atom is -0.489 e. The van der Waals surface area contributed by atoms with Gasteiger partial charge in [-0.15, -0.1) is 0 Å². The van der Waals surface area contributed by atoms with Crippen molar-refractivity contribution in [3.05, 3.63) is 47.2 Å². The normalized spacial score (nSPS) is 31.3. The van der Waals surface area contributed by atoms with E-state index in [9.17, 15) is 9.59 Å². The SMILES string of the molecule is O=C1C[C@H]2C[C@H](CC3=C2C(=O)C[C@@H](c2ccccc2)O3)O1. The summed E-state index contributed by atoms with van der Waals surface area (Å²) in [6.45, 7) is 0. The Balaban J connectivity index is 1.67. The van der Waals surface area contributed by atoms with E-state index in [-0.39, 0.29) is 29.9 Å². The van der Waals surface area contributed by atoms with Gasteiger partial charge < -0.3 is 9.47 Å². The minimum atomic E-state index is -0.216. The van der Waals surface area contributed by atoms with Crippen LogP contribution in [-0.4, -0.2) is 17.9 Å². The Hall–Kier alpha value is -2.10. The van der Waals surface area contributed by atoms with E-state index in [0.29, 0.717) is 19.3 Å². The molecule has 1 aromatic rings. The van der Waals surface area contributed by atoms with E-state index in [2.05, 4.69) is 0 Å². The third-order valence-corrected chi connectivity index (χ3v) is 4.51. The lowest BCUT2D eigenvalue weighted by Gasteiger charge is -2.40. The van der Waals surface area contributed by atoms with E-state index in [0.717, 1.165) is 23.3 Å². The van der Waals surface area contributed by atoms with Gasteiger partial charge in [-0.1, -0.05) is 30.3 Å². The van der Waals surface area contributed by atoms with Crippen LogP contribution in [0.5, 0.6) is 0 Å². The summed E-state index contributed by atoms with van der Waals surface area (Å²) in [7, 11) is 0. The van der Waals surface area contributed by atoms with Gasteiger partial charge in [-0.25, -0.2) is 0 Å². The molecular weight excluding hydrogens is 268 g/mol. The molecular formula is C17H16O4. The Labute approximate surface area is 122 Å². The smallest absolute Gasteiger partial charge is 0.306 e. The van der Waals surface area contributed by atoms with Gasteiger partial charge in [-0.05, 0) is 12.0 Å². The highest BCUT2D eigenvalue weighted by Crippen LogP contribution is 2.44. The number of fused-ring (bicyclic) bond motifs is 3. The number of carbonyl (C=O) groups excluding carboxylic acids is 2. The molecule has 1 aromatic carbocycles. The van der Waals surface area contributed by atoms with E-state index in [1.807, 2.05) is 30.3 Å². The molecule has 0 amide bonds. The van der Waals surface area contributed by atoms with Gasteiger partial charge in [0.15, 0.2) is 5.78 Å². The minimum absolute atomic E-state index is 0.00998. The molecule has 4 nitrogen and oxygen atoms in total. The monoisotopic (exact) mass is 284 g/mol. The van der Waals surface area contributed by atoms with Crippen LogP contribution in [0.2, 0.25) is 0 Å². The summed E-state index contributed by atoms with van der Waals surface area (Å²) in [5, 5.41) is 0. The first-order valence-corrected chi connectivity index (χ1v) is 7.38. The summed E-state index contributed by atoms with van der Waals surface area (Å²) in [6.07, 6.45) is 1.62. The lowest BCUT2D eigenvalue weighted by Crippen LogP contribution is -2.39. The molecule has 4 rings (SSSR count). The Kier molecular flexibility index (Phi) is 2.84. The highest BCUT2D eigenvalue weighted by atomic mass is 16.5. The molecule has 1 fully saturated rings. The molecule has 0 N–H and O–H groups in total. The van der Waals surface area contributed by atoms with Crippen LogP contribution in [-0.2, 0) is 19.1 Å². The molecule has 0 aromatic heterocycles. The zero-order valence-electron chi connectivity index (χ0n) is 11.6. The van der Waals surface area contributed by atoms with Gasteiger partial charge in [0.2, 0.25) is 0 Å². The van der Waals surface area contributed by atoms with Gasteiger partial charge in [0.05, 0.1) is 12.8 Å². The second-order valence-corrected chi connectivity index (χ2v) is 5.93. The summed E-state index contributed by atoms with van der Waals surface area (Å²) < 4.78 is 11.4. The molecule has 2 aliphatic heterocycles. The van der Waals surface area contributed by atoms with Crippen LogP contribution in [0.1, 0.15) is 37.4 Å². The largest absolute Gasteiger partial charge is 0.489 e. The summed E-state index contributed by atoms with van der Waals surface area (Å²) in [5.41, 5.74) is 1.76. The van der Waals surface area contributed by atoms with Crippen LogP contribution in [0, 0.1) is 5.92 Å². The molecule has 2 heterocycles. The number of Topliss-reactive ketones (excluding diaryl/α,β-unsaturated/α-hetero) is 1. The molecule has 1 aliphatic carbocycles. The summed E-state index contributed by atoms with van der Waals surface area (Å²) in [4.78, 5) is 24.1. The number of ether oxygens (including phenoxy) is 2. The van der Waals surface area contributed by atoms with Crippen molar-refractivity contribution in [2.24, 2.45) is 5.92 Å². The summed E-state index contributed by atoms with van der Waals surface area (Å²) in [5.74, 6) is 0.669. The first-order valence-electron chi connectivity index (χ1n) is 7.38. The average Bonchev–Trinajstić information content (AvgIpc) is 2.46. The van der Waals surface area contributed by atoms with Crippen molar-refractivity contribution in [3.8, 4) is 0 Å². The molecule has 0 saturated carbocycles. The number of rotatable bonds is 1. The molecule has 21 heavy (non-hydrogen) atoms. The Morgan fingerprint density at radius 3 is 2.57 bits per heavy atom. The molecule has 2 bridgehead atoms. The lowest BCUT2D eigenvalue weighted by molar-refractivity contribution is -0.158. The van der Waals surface area contributed by atoms with Crippen molar-refractivity contribution in [1.82, 2.24) is 0 Å². The van der Waals surface area contributed by atoms with Gasteiger partial charge >= 0.3 is 5.97 Å². The van der Waals surface area contributed by atoms with Gasteiger partial charge in [0, 0.05) is 17.9 Å². The maximum atomic E-state index is 12.5. The van der Waals surface area contributed by atoms with Gasteiger partial charge in [-0.3, -0.25) is 9.59 Å². The maximum absolute atomic E-state index is 12.5.